The monoisotopic (exact) mass is 190 g/mol. The molecule has 0 heterocycles. The van der Waals surface area contributed by atoms with Crippen LogP contribution in [-0.4, -0.2) is 10.9 Å². The van der Waals surface area contributed by atoms with Crippen LogP contribution in [-0.2, 0) is 8.37 Å². The van der Waals surface area contributed by atoms with Gasteiger partial charge in [-0.15, -0.1) is 0 Å². The molecule has 9 heavy (non-hydrogen) atoms. The molecule has 0 atom stereocenters. The van der Waals surface area contributed by atoms with E-state index in [4.69, 9.17) is 0 Å². The summed E-state index contributed by atoms with van der Waals surface area (Å²) in [4.78, 5) is 19.4. The second-order valence-corrected chi connectivity index (χ2v) is 1.80. The van der Waals surface area contributed by atoms with E-state index in [-0.39, 0.29) is 12.3 Å². The van der Waals surface area contributed by atoms with Crippen LogP contribution < -0.4 is 0 Å². The van der Waals surface area contributed by atoms with Crippen LogP contribution in [0.2, 0.25) is 0 Å². The molecule has 0 radical (unpaired) electrons. The Labute approximate surface area is 64.8 Å². The van der Waals surface area contributed by atoms with Gasteiger partial charge in [-0.05, 0) is 0 Å². The molecule has 0 N–H and O–H groups in total. The number of carbonyl (C=O) groups excluding carboxylic acids is 2. The SMILES string of the molecule is O=C(Cl)OSOC(=O)Cl. The average molecular weight is 191 g/mol. The minimum Gasteiger partial charge on any atom is -0.342 e. The number of carbonyl (C=O) groups is 2. The minimum absolute atomic E-state index is 0.106. The van der Waals surface area contributed by atoms with Gasteiger partial charge >= 0.3 is 23.2 Å². The molecule has 0 fully saturated rings. The van der Waals surface area contributed by atoms with E-state index in [0.717, 1.165) is 0 Å². The van der Waals surface area contributed by atoms with E-state index in [1.54, 1.807) is 0 Å². The minimum atomic E-state index is -1.09. The summed E-state index contributed by atoms with van der Waals surface area (Å²) in [7, 11) is 0. The number of hydrogen-bond acceptors (Lipinski definition) is 5. The Kier molecular flexibility index (Phi) is 4.65. The fourth-order valence-electron chi connectivity index (χ4n) is 0.0705. The Balaban J connectivity index is 3.10. The maximum Gasteiger partial charge on any atom is 0.418 e. The summed E-state index contributed by atoms with van der Waals surface area (Å²) >= 11 is 9.40. The fraction of sp³-hybridized carbons (Fsp3) is 0. The Bertz CT molecular complexity index is 112. The lowest BCUT2D eigenvalue weighted by molar-refractivity contribution is 0.220. The molecule has 0 saturated carbocycles. The summed E-state index contributed by atoms with van der Waals surface area (Å²) in [5.41, 5.74) is -2.17. The summed E-state index contributed by atoms with van der Waals surface area (Å²) in [6.07, 6.45) is 0. The molecule has 52 valence electrons. The van der Waals surface area contributed by atoms with Crippen molar-refractivity contribution in [1.29, 1.82) is 0 Å². The Hall–Kier alpha value is -0.130. The van der Waals surface area contributed by atoms with E-state index in [1.165, 1.54) is 0 Å². The molecule has 0 amide bonds. The van der Waals surface area contributed by atoms with Crippen LogP contribution in [0.1, 0.15) is 0 Å². The van der Waals surface area contributed by atoms with Gasteiger partial charge in [0.1, 0.15) is 0 Å². The predicted octanol–water partition coefficient (Wildman–Crippen LogP) is 2.30. The highest BCUT2D eigenvalue weighted by Gasteiger charge is 2.01. The number of hydrogen-bond donors (Lipinski definition) is 0. The van der Waals surface area contributed by atoms with Crippen molar-refractivity contribution in [1.82, 2.24) is 0 Å². The zero-order chi connectivity index (χ0) is 7.28. The molecule has 0 aromatic rings. The quantitative estimate of drug-likeness (QED) is 0.495. The highest BCUT2D eigenvalue weighted by Crippen LogP contribution is 2.09. The molecule has 0 bridgehead atoms. The van der Waals surface area contributed by atoms with E-state index >= 15 is 0 Å². The summed E-state index contributed by atoms with van der Waals surface area (Å²) < 4.78 is 7.74. The van der Waals surface area contributed by atoms with Gasteiger partial charge in [0.05, 0.1) is 0 Å². The van der Waals surface area contributed by atoms with Gasteiger partial charge in [-0.3, -0.25) is 0 Å². The van der Waals surface area contributed by atoms with Crippen molar-refractivity contribution in [3.63, 3.8) is 0 Å². The molecule has 0 aliphatic heterocycles. The first-order valence-electron chi connectivity index (χ1n) is 1.53. The zero-order valence-electron chi connectivity index (χ0n) is 3.80. The summed E-state index contributed by atoms with van der Waals surface area (Å²) in [6, 6.07) is 0. The topological polar surface area (TPSA) is 52.6 Å². The summed E-state index contributed by atoms with van der Waals surface area (Å²) in [5, 5.41) is 0. The van der Waals surface area contributed by atoms with Crippen LogP contribution in [0.3, 0.4) is 0 Å². The molecule has 4 nitrogen and oxygen atoms in total. The van der Waals surface area contributed by atoms with Crippen LogP contribution in [0.4, 0.5) is 9.59 Å². The van der Waals surface area contributed by atoms with E-state index in [0.29, 0.717) is 0 Å². The third-order valence-electron chi connectivity index (χ3n) is 0.199. The first kappa shape index (κ1) is 8.87. The standard InChI is InChI=1S/C2Cl2O4S/c3-1(5)7-9-8-2(4)6. The summed E-state index contributed by atoms with van der Waals surface area (Å²) in [5.74, 6) is 0. The largest absolute Gasteiger partial charge is 0.418 e. The van der Waals surface area contributed by atoms with Crippen LogP contribution in [0.15, 0.2) is 0 Å². The van der Waals surface area contributed by atoms with Crippen LogP contribution >= 0.6 is 35.5 Å². The van der Waals surface area contributed by atoms with Gasteiger partial charge in [-0.25, -0.2) is 9.59 Å². The lowest BCUT2D eigenvalue weighted by Gasteiger charge is -1.91. The Morgan fingerprint density at radius 3 is 1.67 bits per heavy atom. The lowest BCUT2D eigenvalue weighted by atomic mass is 11.6. The first-order valence-corrected chi connectivity index (χ1v) is 2.95. The summed E-state index contributed by atoms with van der Waals surface area (Å²) in [6.45, 7) is 0. The molecule has 7 heteroatoms. The number of rotatable bonds is 2. The molecular weight excluding hydrogens is 191 g/mol. The Morgan fingerprint density at radius 2 is 1.44 bits per heavy atom. The van der Waals surface area contributed by atoms with Crippen molar-refractivity contribution in [2.75, 3.05) is 0 Å². The lowest BCUT2D eigenvalue weighted by Crippen LogP contribution is -1.87. The molecule has 0 aromatic carbocycles. The van der Waals surface area contributed by atoms with Crippen molar-refractivity contribution < 1.29 is 18.0 Å². The Morgan fingerprint density at radius 1 is 1.11 bits per heavy atom. The van der Waals surface area contributed by atoms with Gasteiger partial charge in [-0.1, -0.05) is 0 Å². The van der Waals surface area contributed by atoms with Gasteiger partial charge in [0, 0.05) is 23.2 Å². The normalized spacial score (nSPS) is 8.22. The molecule has 0 unspecified atom stereocenters. The first-order chi connectivity index (χ1) is 4.13. The maximum absolute atomic E-state index is 9.71. The number of halogens is 2. The molecule has 0 saturated heterocycles. The van der Waals surface area contributed by atoms with Crippen molar-refractivity contribution >= 4 is 46.4 Å². The van der Waals surface area contributed by atoms with Crippen molar-refractivity contribution in [2.24, 2.45) is 0 Å². The molecular formula is C2Cl2O4S. The van der Waals surface area contributed by atoms with Crippen LogP contribution in [0.25, 0.3) is 0 Å². The van der Waals surface area contributed by atoms with Crippen molar-refractivity contribution in [2.45, 2.75) is 0 Å². The highest BCUT2D eigenvalue weighted by atomic mass is 35.5. The second-order valence-electron chi connectivity index (χ2n) is 0.710. The molecule has 0 spiro atoms. The van der Waals surface area contributed by atoms with Crippen LogP contribution in [0.5, 0.6) is 0 Å². The van der Waals surface area contributed by atoms with Crippen LogP contribution in [0, 0.1) is 0 Å². The van der Waals surface area contributed by atoms with Gasteiger partial charge in [0.25, 0.3) is 0 Å². The smallest absolute Gasteiger partial charge is 0.342 e. The van der Waals surface area contributed by atoms with Crippen molar-refractivity contribution in [3.8, 4) is 0 Å². The molecule has 0 aliphatic rings. The fourth-order valence-corrected chi connectivity index (χ4v) is 0.366. The maximum atomic E-state index is 9.71. The third-order valence-corrected chi connectivity index (χ3v) is 0.975. The van der Waals surface area contributed by atoms with Gasteiger partial charge in [0.15, 0.2) is 0 Å². The highest BCUT2D eigenvalue weighted by molar-refractivity contribution is 7.90. The van der Waals surface area contributed by atoms with Crippen molar-refractivity contribution in [3.05, 3.63) is 0 Å². The molecule has 0 rings (SSSR count). The van der Waals surface area contributed by atoms with E-state index < -0.39 is 10.9 Å². The molecule has 0 aliphatic carbocycles. The van der Waals surface area contributed by atoms with Gasteiger partial charge in [0.2, 0.25) is 0 Å². The predicted molar refractivity (Wildman–Crippen MR) is 32.3 cm³/mol. The van der Waals surface area contributed by atoms with E-state index in [2.05, 4.69) is 31.6 Å². The van der Waals surface area contributed by atoms with E-state index in [1.807, 2.05) is 0 Å². The zero-order valence-corrected chi connectivity index (χ0v) is 6.13. The third kappa shape index (κ3) is 7.87. The molecule has 0 aromatic heterocycles. The van der Waals surface area contributed by atoms with Gasteiger partial charge in [-0.2, -0.15) is 0 Å². The average Bonchev–Trinajstić information content (AvgIpc) is 1.63. The van der Waals surface area contributed by atoms with E-state index in [9.17, 15) is 9.59 Å². The van der Waals surface area contributed by atoms with Gasteiger partial charge < -0.3 is 8.37 Å². The second kappa shape index (κ2) is 4.72.